The van der Waals surface area contributed by atoms with Gasteiger partial charge in [0.15, 0.2) is 5.82 Å². The van der Waals surface area contributed by atoms with E-state index < -0.39 is 10.2 Å². The minimum absolute atomic E-state index is 0.305. The Hall–Kier alpha value is -1.01. The summed E-state index contributed by atoms with van der Waals surface area (Å²) < 4.78 is 27.0. The van der Waals surface area contributed by atoms with Crippen molar-refractivity contribution in [2.75, 3.05) is 22.2 Å². The first-order valence-electron chi connectivity index (χ1n) is 5.43. The Kier molecular flexibility index (Phi) is 2.28. The molecule has 92 valence electrons. The molecule has 1 saturated carbocycles. The first kappa shape index (κ1) is 11.1. The van der Waals surface area contributed by atoms with Crippen molar-refractivity contribution < 1.29 is 8.42 Å². The Morgan fingerprint density at radius 3 is 2.82 bits per heavy atom. The molecule has 1 aliphatic carbocycles. The van der Waals surface area contributed by atoms with Crippen molar-refractivity contribution in [2.24, 2.45) is 5.92 Å². The van der Waals surface area contributed by atoms with Crippen molar-refractivity contribution >= 4 is 33.3 Å². The predicted octanol–water partition coefficient (Wildman–Crippen LogP) is 1.65. The summed E-state index contributed by atoms with van der Waals surface area (Å²) >= 11 is 5.80. The lowest BCUT2D eigenvalue weighted by Gasteiger charge is -2.18. The lowest BCUT2D eigenvalue weighted by atomic mass is 10.3. The molecule has 1 fully saturated rings. The van der Waals surface area contributed by atoms with Crippen molar-refractivity contribution in [3.05, 3.63) is 17.3 Å². The van der Waals surface area contributed by atoms with Gasteiger partial charge in [0.1, 0.15) is 5.15 Å². The van der Waals surface area contributed by atoms with Gasteiger partial charge in [-0.3, -0.25) is 0 Å². The highest BCUT2D eigenvalue weighted by molar-refractivity contribution is 7.94. The van der Waals surface area contributed by atoms with Crippen molar-refractivity contribution in [3.8, 4) is 0 Å². The van der Waals surface area contributed by atoms with Crippen molar-refractivity contribution in [2.45, 2.75) is 12.8 Å². The number of nitrogens with zero attached hydrogens (tertiary/aromatic N) is 3. The molecule has 0 spiro atoms. The third kappa shape index (κ3) is 1.66. The molecule has 1 aromatic heterocycles. The molecule has 1 aliphatic heterocycles. The van der Waals surface area contributed by atoms with Gasteiger partial charge in [-0.05, 0) is 30.9 Å². The Bertz CT molecular complexity index is 571. The van der Waals surface area contributed by atoms with Gasteiger partial charge in [-0.1, -0.05) is 11.6 Å². The normalized spacial score (nSPS) is 21.8. The van der Waals surface area contributed by atoms with Crippen LogP contribution in [-0.2, 0) is 10.2 Å². The second kappa shape index (κ2) is 3.49. The molecule has 0 amide bonds. The van der Waals surface area contributed by atoms with E-state index >= 15 is 0 Å². The fourth-order valence-electron chi connectivity index (χ4n) is 1.95. The lowest BCUT2D eigenvalue weighted by molar-refractivity contribution is 0.590. The molecule has 5 nitrogen and oxygen atoms in total. The van der Waals surface area contributed by atoms with Crippen LogP contribution in [0.15, 0.2) is 12.1 Å². The summed E-state index contributed by atoms with van der Waals surface area (Å²) in [7, 11) is -1.95. The summed E-state index contributed by atoms with van der Waals surface area (Å²) in [6.45, 7) is 0.545. The van der Waals surface area contributed by atoms with Gasteiger partial charge < -0.3 is 0 Å². The molecule has 1 aromatic rings. The number of aromatic nitrogens is 1. The van der Waals surface area contributed by atoms with Gasteiger partial charge in [0.25, 0.3) is 0 Å². The number of fused-ring (bicyclic) bond motifs is 1. The molecule has 0 atom stereocenters. The van der Waals surface area contributed by atoms with E-state index in [0.29, 0.717) is 29.1 Å². The quantitative estimate of drug-likeness (QED) is 0.770. The third-order valence-electron chi connectivity index (χ3n) is 3.13. The number of hydrogen-bond acceptors (Lipinski definition) is 3. The van der Waals surface area contributed by atoms with Gasteiger partial charge in [0.05, 0.1) is 5.69 Å². The number of halogens is 1. The fourth-order valence-corrected chi connectivity index (χ4v) is 3.54. The summed E-state index contributed by atoms with van der Waals surface area (Å²) in [5.74, 6) is 0.901. The van der Waals surface area contributed by atoms with Crippen LogP contribution >= 0.6 is 11.6 Å². The van der Waals surface area contributed by atoms with Gasteiger partial charge in [0.2, 0.25) is 0 Å². The highest BCUT2D eigenvalue weighted by Crippen LogP contribution is 2.42. The van der Waals surface area contributed by atoms with E-state index in [9.17, 15) is 8.42 Å². The van der Waals surface area contributed by atoms with E-state index in [1.807, 2.05) is 0 Å². The number of hydrogen-bond donors (Lipinski definition) is 0. The molecular formula is C10H12ClN3O2S. The highest BCUT2D eigenvalue weighted by atomic mass is 35.5. The second-order valence-corrected chi connectivity index (χ2v) is 6.70. The molecule has 2 heterocycles. The van der Waals surface area contributed by atoms with Crippen LogP contribution < -0.4 is 8.61 Å². The molecule has 0 unspecified atom stereocenters. The molecule has 0 bridgehead atoms. The zero-order valence-corrected chi connectivity index (χ0v) is 10.9. The van der Waals surface area contributed by atoms with E-state index in [-0.39, 0.29) is 0 Å². The van der Waals surface area contributed by atoms with Gasteiger partial charge in [0, 0.05) is 13.6 Å². The molecule has 2 aliphatic rings. The van der Waals surface area contributed by atoms with Gasteiger partial charge >= 0.3 is 10.2 Å². The summed E-state index contributed by atoms with van der Waals surface area (Å²) in [5, 5.41) is 0.305. The summed E-state index contributed by atoms with van der Waals surface area (Å²) in [6, 6.07) is 3.34. The Labute approximate surface area is 105 Å². The highest BCUT2D eigenvalue weighted by Gasteiger charge is 2.41. The molecular weight excluding hydrogens is 262 g/mol. The number of rotatable bonds is 2. The minimum atomic E-state index is -3.45. The molecule has 7 heteroatoms. The lowest BCUT2D eigenvalue weighted by Crippen LogP contribution is -2.36. The maximum absolute atomic E-state index is 12.2. The van der Waals surface area contributed by atoms with E-state index in [0.717, 1.165) is 12.8 Å². The third-order valence-corrected chi connectivity index (χ3v) is 5.11. The predicted molar refractivity (Wildman–Crippen MR) is 66.6 cm³/mol. The molecule has 0 radical (unpaired) electrons. The number of pyridine rings is 1. The second-order valence-electron chi connectivity index (χ2n) is 4.43. The largest absolute Gasteiger partial charge is 0.327 e. The molecule has 0 aromatic carbocycles. The Morgan fingerprint density at radius 2 is 2.18 bits per heavy atom. The van der Waals surface area contributed by atoms with Crippen LogP contribution in [0.1, 0.15) is 12.8 Å². The Balaban J connectivity index is 2.09. The van der Waals surface area contributed by atoms with Crippen LogP contribution in [0.3, 0.4) is 0 Å². The Morgan fingerprint density at radius 1 is 1.47 bits per heavy atom. The smallest absolute Gasteiger partial charge is 0.249 e. The molecule has 3 rings (SSSR count). The first-order valence-corrected chi connectivity index (χ1v) is 7.21. The first-order chi connectivity index (χ1) is 8.00. The maximum atomic E-state index is 12.2. The standard InChI is InChI=1S/C10H12ClN3O2S/c1-13-10-8(4-5-9(11)12-10)14(17(13,15)16)6-7-2-3-7/h4-5,7H,2-3,6H2,1H3. The van der Waals surface area contributed by atoms with Gasteiger partial charge in [-0.2, -0.15) is 8.42 Å². The molecule has 17 heavy (non-hydrogen) atoms. The van der Waals surface area contributed by atoms with Crippen LogP contribution in [0, 0.1) is 5.92 Å². The van der Waals surface area contributed by atoms with Crippen molar-refractivity contribution in [1.29, 1.82) is 0 Å². The van der Waals surface area contributed by atoms with Crippen LogP contribution in [0.2, 0.25) is 5.15 Å². The van der Waals surface area contributed by atoms with E-state index in [4.69, 9.17) is 11.6 Å². The number of anilines is 2. The van der Waals surface area contributed by atoms with Crippen LogP contribution in [0.5, 0.6) is 0 Å². The van der Waals surface area contributed by atoms with E-state index in [2.05, 4.69) is 4.98 Å². The average molecular weight is 274 g/mol. The van der Waals surface area contributed by atoms with Crippen LogP contribution in [0.25, 0.3) is 0 Å². The zero-order chi connectivity index (χ0) is 12.2. The summed E-state index contributed by atoms with van der Waals surface area (Å²) in [4.78, 5) is 4.08. The van der Waals surface area contributed by atoms with E-state index in [1.54, 1.807) is 12.1 Å². The van der Waals surface area contributed by atoms with Crippen LogP contribution in [0.4, 0.5) is 11.5 Å². The summed E-state index contributed by atoms with van der Waals surface area (Å²) in [6.07, 6.45) is 2.21. The molecule has 0 N–H and O–H groups in total. The average Bonchev–Trinajstić information content (AvgIpc) is 3.06. The van der Waals surface area contributed by atoms with E-state index in [1.165, 1.54) is 15.7 Å². The SMILES string of the molecule is CN1c2nc(Cl)ccc2N(CC2CC2)S1(=O)=O. The fraction of sp³-hybridized carbons (Fsp3) is 0.500. The zero-order valence-electron chi connectivity index (χ0n) is 9.30. The van der Waals surface area contributed by atoms with Crippen molar-refractivity contribution in [3.63, 3.8) is 0 Å². The topological polar surface area (TPSA) is 53.5 Å². The van der Waals surface area contributed by atoms with Gasteiger partial charge in [-0.15, -0.1) is 0 Å². The van der Waals surface area contributed by atoms with Gasteiger partial charge in [-0.25, -0.2) is 13.6 Å². The maximum Gasteiger partial charge on any atom is 0.327 e. The van der Waals surface area contributed by atoms with Crippen molar-refractivity contribution in [1.82, 2.24) is 4.98 Å². The minimum Gasteiger partial charge on any atom is -0.249 e. The summed E-state index contributed by atoms with van der Waals surface area (Å²) in [5.41, 5.74) is 0.629. The molecule has 0 saturated heterocycles. The monoisotopic (exact) mass is 273 g/mol. The van der Waals surface area contributed by atoms with Crippen LogP contribution in [-0.4, -0.2) is 27.0 Å².